The summed E-state index contributed by atoms with van der Waals surface area (Å²) in [6.45, 7) is 1.78. The predicted octanol–water partition coefficient (Wildman–Crippen LogP) is 5.29. The third-order valence-electron chi connectivity index (χ3n) is 5.67. The zero-order valence-electron chi connectivity index (χ0n) is 21.2. The lowest BCUT2D eigenvalue weighted by atomic mass is 10.1. The monoisotopic (exact) mass is 657 g/mol. The average Bonchev–Trinajstić information content (AvgIpc) is 2.85. The quantitative estimate of drug-likeness (QED) is 0.0969. The van der Waals surface area contributed by atoms with Crippen molar-refractivity contribution < 1.29 is 52.8 Å². The van der Waals surface area contributed by atoms with E-state index in [1.807, 2.05) is 0 Å². The molecule has 43 heavy (non-hydrogen) atoms. The van der Waals surface area contributed by atoms with E-state index in [-0.39, 0.29) is 11.8 Å². The number of nitrogens with two attached hydrogens (primary N) is 1. The molecule has 20 heteroatoms. The Kier molecular flexibility index (Phi) is 8.04. The number of nitrogen functional groups attached to an aromatic ring is 1. The molecule has 0 saturated heterocycles. The minimum absolute atomic E-state index is 0.0966. The van der Waals surface area contributed by atoms with Crippen molar-refractivity contribution in [3.63, 3.8) is 0 Å². The van der Waals surface area contributed by atoms with Gasteiger partial charge >= 0.3 is 0 Å². The highest BCUT2D eigenvalue weighted by Gasteiger charge is 2.29. The topological polar surface area (TPSA) is 259 Å². The van der Waals surface area contributed by atoms with Crippen molar-refractivity contribution in [3.8, 4) is 5.75 Å². The number of hydrogen-bond donors (Lipinski definition) is 5. The number of rotatable bonds is 7. The molecule has 0 unspecified atom stereocenters. The van der Waals surface area contributed by atoms with Crippen molar-refractivity contribution in [2.45, 2.75) is 21.6 Å². The summed E-state index contributed by atoms with van der Waals surface area (Å²) in [5.74, 6) is -4.40. The minimum atomic E-state index is -5.38. The van der Waals surface area contributed by atoms with Crippen LogP contribution < -0.4 is 5.73 Å². The van der Waals surface area contributed by atoms with E-state index in [0.29, 0.717) is 18.2 Å². The number of nitrogens with zero attached hydrogens (tertiary/aromatic N) is 4. The molecule has 0 amide bonds. The standard InChI is InChI=1S/C23H17F2N5O10S3/c1-10-2-4-13(5-3-10)27-29-20-16(41(32,33)34)6-11-7-17(42(35,36)37)21(22(31)18(11)19(20)26)30-28-15-9-12(24)8-14(25)23(15)43(38,39)40/h2-9,31H,26H2,1H3,(H,32,33,34)(H,35,36,37)(H,38,39,40). The Morgan fingerprint density at radius 3 is 1.79 bits per heavy atom. The summed E-state index contributed by atoms with van der Waals surface area (Å²) in [5.41, 5.74) is 3.39. The number of benzene rings is 4. The summed E-state index contributed by atoms with van der Waals surface area (Å²) < 4.78 is 129. The third-order valence-corrected chi connectivity index (χ3v) is 8.33. The van der Waals surface area contributed by atoms with Crippen molar-refractivity contribution >= 4 is 69.6 Å². The van der Waals surface area contributed by atoms with Crippen LogP contribution in [-0.2, 0) is 30.4 Å². The number of halogens is 2. The van der Waals surface area contributed by atoms with Crippen LogP contribution in [0.1, 0.15) is 5.56 Å². The van der Waals surface area contributed by atoms with Crippen molar-refractivity contribution in [2.75, 3.05) is 5.73 Å². The van der Waals surface area contributed by atoms with Gasteiger partial charge < -0.3 is 10.8 Å². The number of phenolic OH excluding ortho intramolecular Hbond substituents is 1. The zero-order valence-corrected chi connectivity index (χ0v) is 23.7. The van der Waals surface area contributed by atoms with Crippen LogP contribution in [0.25, 0.3) is 10.8 Å². The molecule has 226 valence electrons. The normalized spacial score (nSPS) is 13.0. The van der Waals surface area contributed by atoms with E-state index in [0.717, 1.165) is 5.56 Å². The predicted molar refractivity (Wildman–Crippen MR) is 145 cm³/mol. The maximum absolute atomic E-state index is 14.2. The Balaban J connectivity index is 2.06. The van der Waals surface area contributed by atoms with Crippen LogP contribution in [0.3, 0.4) is 0 Å². The molecule has 0 atom stereocenters. The van der Waals surface area contributed by atoms with Gasteiger partial charge in [0.2, 0.25) is 0 Å². The van der Waals surface area contributed by atoms with Crippen LogP contribution in [0, 0.1) is 18.6 Å². The van der Waals surface area contributed by atoms with Crippen LogP contribution >= 0.6 is 0 Å². The molecule has 0 radical (unpaired) electrons. The molecule has 0 saturated carbocycles. The zero-order chi connectivity index (χ0) is 32.1. The Labute approximate surface area is 241 Å². The summed E-state index contributed by atoms with van der Waals surface area (Å²) in [5, 5.41) is 24.2. The molecule has 4 rings (SSSR count). The summed E-state index contributed by atoms with van der Waals surface area (Å²) in [4.78, 5) is -3.79. The summed E-state index contributed by atoms with van der Waals surface area (Å²) in [6, 6.07) is 7.93. The smallest absolute Gasteiger partial charge is 0.299 e. The van der Waals surface area contributed by atoms with Crippen LogP contribution in [0.5, 0.6) is 5.75 Å². The second kappa shape index (κ2) is 11.0. The average molecular weight is 658 g/mol. The molecule has 0 aliphatic rings. The Morgan fingerprint density at radius 2 is 1.26 bits per heavy atom. The van der Waals surface area contributed by atoms with E-state index >= 15 is 0 Å². The molecule has 0 heterocycles. The van der Waals surface area contributed by atoms with Gasteiger partial charge in [0.1, 0.15) is 38.5 Å². The molecule has 0 aliphatic carbocycles. The highest BCUT2D eigenvalue weighted by molar-refractivity contribution is 7.86. The molecule has 15 nitrogen and oxygen atoms in total. The second-order valence-electron chi connectivity index (χ2n) is 8.70. The molecule has 0 fully saturated rings. The van der Waals surface area contributed by atoms with Gasteiger partial charge in [0.15, 0.2) is 10.6 Å². The van der Waals surface area contributed by atoms with Gasteiger partial charge in [-0.05, 0) is 36.6 Å². The highest BCUT2D eigenvalue weighted by Crippen LogP contribution is 2.48. The molecule has 4 aromatic rings. The van der Waals surface area contributed by atoms with Gasteiger partial charge in [0.25, 0.3) is 30.4 Å². The maximum atomic E-state index is 14.2. The Morgan fingerprint density at radius 1 is 0.721 bits per heavy atom. The molecule has 6 N–H and O–H groups in total. The molecular weight excluding hydrogens is 640 g/mol. The fourth-order valence-electron chi connectivity index (χ4n) is 3.80. The van der Waals surface area contributed by atoms with Crippen LogP contribution in [-0.4, -0.2) is 44.0 Å². The lowest BCUT2D eigenvalue weighted by Gasteiger charge is -2.14. The van der Waals surface area contributed by atoms with Crippen molar-refractivity contribution in [3.05, 3.63) is 65.7 Å². The van der Waals surface area contributed by atoms with Gasteiger partial charge in [-0.25, -0.2) is 8.78 Å². The number of azo groups is 2. The second-order valence-corrected chi connectivity index (χ2v) is 12.8. The van der Waals surface area contributed by atoms with Crippen LogP contribution in [0.15, 0.2) is 83.7 Å². The minimum Gasteiger partial charge on any atom is -0.505 e. The fraction of sp³-hybridized carbons (Fsp3) is 0.0435. The number of hydrogen-bond acceptors (Lipinski definition) is 12. The molecule has 0 aliphatic heterocycles. The molecule has 0 spiro atoms. The van der Waals surface area contributed by atoms with Gasteiger partial charge in [0, 0.05) is 12.1 Å². The molecular formula is C23H17F2N5O10S3. The fourth-order valence-corrected chi connectivity index (χ4v) is 5.80. The van der Waals surface area contributed by atoms with E-state index < -0.39 is 95.9 Å². The molecule has 0 bridgehead atoms. The first-order valence-corrected chi connectivity index (χ1v) is 15.5. The van der Waals surface area contributed by atoms with Gasteiger partial charge in [-0.1, -0.05) is 17.7 Å². The van der Waals surface area contributed by atoms with Crippen LogP contribution in [0.2, 0.25) is 0 Å². The first-order valence-electron chi connectivity index (χ1n) is 11.2. The molecule has 0 aromatic heterocycles. The van der Waals surface area contributed by atoms with Gasteiger partial charge in [-0.15, -0.1) is 15.3 Å². The Hall–Kier alpha value is -4.47. The van der Waals surface area contributed by atoms with E-state index in [1.54, 1.807) is 19.1 Å². The van der Waals surface area contributed by atoms with E-state index in [2.05, 4.69) is 20.5 Å². The van der Waals surface area contributed by atoms with Crippen molar-refractivity contribution in [2.24, 2.45) is 20.5 Å². The number of aromatic hydroxyl groups is 1. The first kappa shape index (κ1) is 31.5. The summed E-state index contributed by atoms with van der Waals surface area (Å²) in [7, 11) is -15.9. The maximum Gasteiger partial charge on any atom is 0.299 e. The van der Waals surface area contributed by atoms with Gasteiger partial charge in [-0.3, -0.25) is 13.7 Å². The summed E-state index contributed by atoms with van der Waals surface area (Å²) >= 11 is 0. The number of phenols is 1. The van der Waals surface area contributed by atoms with Gasteiger partial charge in [-0.2, -0.15) is 30.4 Å². The largest absolute Gasteiger partial charge is 0.505 e. The Bertz CT molecular complexity index is 2210. The lowest BCUT2D eigenvalue weighted by Crippen LogP contribution is -2.04. The van der Waals surface area contributed by atoms with Crippen LogP contribution in [0.4, 0.5) is 37.2 Å². The highest BCUT2D eigenvalue weighted by atomic mass is 32.2. The third kappa shape index (κ3) is 6.48. The van der Waals surface area contributed by atoms with E-state index in [4.69, 9.17) is 5.73 Å². The van der Waals surface area contributed by atoms with E-state index in [9.17, 15) is 52.8 Å². The number of anilines is 1. The summed E-state index contributed by atoms with van der Waals surface area (Å²) in [6.07, 6.45) is 0. The van der Waals surface area contributed by atoms with E-state index in [1.165, 1.54) is 12.1 Å². The molecule has 4 aromatic carbocycles. The number of aryl methyl sites for hydroxylation is 1. The number of fused-ring (bicyclic) bond motifs is 1. The lowest BCUT2D eigenvalue weighted by molar-refractivity contribution is 0.469. The van der Waals surface area contributed by atoms with Gasteiger partial charge in [0.05, 0.1) is 16.8 Å². The SMILES string of the molecule is Cc1ccc(N=Nc2c(S(=O)(=O)O)cc3cc(S(=O)(=O)O)c(N=Nc4cc(F)cc(F)c4S(=O)(=O)O)c(O)c3c2N)cc1. The first-order chi connectivity index (χ1) is 19.8. The van der Waals surface area contributed by atoms with Crippen molar-refractivity contribution in [1.29, 1.82) is 0 Å². The van der Waals surface area contributed by atoms with Crippen molar-refractivity contribution in [1.82, 2.24) is 0 Å².